The minimum Gasteiger partial charge on any atom is -0.445 e. The third kappa shape index (κ3) is 5.87. The number of likely N-dealkylation sites (N-methyl/N-ethyl adjacent to an activating group) is 1. The number of rotatable bonds is 9. The standard InChI is InChI=1S/C28H27N5O5S3/c1-17-16-40-28(39)33(17)15-25(34)32(4)14-21-13-20(27-29-11-12-37-27)9-10-22(21)23-7-5-6-8-24(23)41(35,36)31-26-18(2)19(3)30-38-26/h5-13,16,31H,14-15H2,1-4H3. The molecular formula is C28H27N5O5S3. The molecule has 0 bridgehead atoms. The van der Waals surface area contributed by atoms with Crippen LogP contribution in [0.2, 0.25) is 0 Å². The minimum absolute atomic E-state index is 0.0489. The van der Waals surface area contributed by atoms with Gasteiger partial charge in [-0.1, -0.05) is 29.4 Å². The van der Waals surface area contributed by atoms with Crippen molar-refractivity contribution in [1.29, 1.82) is 0 Å². The first-order valence-electron chi connectivity index (χ1n) is 12.5. The van der Waals surface area contributed by atoms with E-state index in [0.717, 1.165) is 5.69 Å². The zero-order chi connectivity index (χ0) is 29.3. The summed E-state index contributed by atoms with van der Waals surface area (Å²) in [5.74, 6) is 0.323. The van der Waals surface area contributed by atoms with E-state index in [9.17, 15) is 13.2 Å². The molecule has 3 heterocycles. The van der Waals surface area contributed by atoms with Crippen LogP contribution in [-0.2, 0) is 27.9 Å². The van der Waals surface area contributed by atoms with Crippen LogP contribution in [-0.4, -0.2) is 41.0 Å². The number of benzene rings is 2. The number of carbonyl (C=O) groups excluding carboxylic acids is 1. The number of carbonyl (C=O) groups is 1. The second-order valence-electron chi connectivity index (χ2n) is 9.51. The van der Waals surface area contributed by atoms with E-state index in [1.807, 2.05) is 24.4 Å². The number of hydrogen-bond acceptors (Lipinski definition) is 9. The highest BCUT2D eigenvalue weighted by molar-refractivity contribution is 7.92. The first kappa shape index (κ1) is 28.5. The van der Waals surface area contributed by atoms with Gasteiger partial charge in [0, 0.05) is 41.4 Å². The summed E-state index contributed by atoms with van der Waals surface area (Å²) < 4.78 is 42.8. The maximum absolute atomic E-state index is 13.6. The van der Waals surface area contributed by atoms with E-state index in [1.165, 1.54) is 23.7 Å². The van der Waals surface area contributed by atoms with E-state index in [0.29, 0.717) is 43.4 Å². The molecule has 0 atom stereocenters. The van der Waals surface area contributed by atoms with E-state index in [4.69, 9.17) is 21.2 Å². The van der Waals surface area contributed by atoms with Gasteiger partial charge in [0.1, 0.15) is 12.8 Å². The first-order chi connectivity index (χ1) is 19.5. The molecule has 13 heteroatoms. The Balaban J connectivity index is 1.55. The monoisotopic (exact) mass is 609 g/mol. The molecule has 2 aromatic carbocycles. The molecule has 0 aliphatic heterocycles. The highest BCUT2D eigenvalue weighted by Crippen LogP contribution is 2.34. The lowest BCUT2D eigenvalue weighted by Gasteiger charge is -2.21. The Morgan fingerprint density at radius 1 is 1.15 bits per heavy atom. The summed E-state index contributed by atoms with van der Waals surface area (Å²) >= 11 is 6.79. The molecule has 5 rings (SSSR count). The van der Waals surface area contributed by atoms with Crippen molar-refractivity contribution < 1.29 is 22.2 Å². The maximum atomic E-state index is 13.6. The largest absolute Gasteiger partial charge is 0.445 e. The van der Waals surface area contributed by atoms with Crippen molar-refractivity contribution in [2.45, 2.75) is 38.8 Å². The molecule has 0 saturated carbocycles. The molecule has 0 aliphatic carbocycles. The Labute approximate surface area is 246 Å². The zero-order valence-corrected chi connectivity index (χ0v) is 25.2. The van der Waals surface area contributed by atoms with Gasteiger partial charge >= 0.3 is 0 Å². The topological polar surface area (TPSA) is 123 Å². The number of hydrogen-bond donors (Lipinski definition) is 1. The molecule has 41 heavy (non-hydrogen) atoms. The number of anilines is 1. The van der Waals surface area contributed by atoms with Crippen molar-refractivity contribution in [1.82, 2.24) is 19.6 Å². The van der Waals surface area contributed by atoms with Crippen molar-refractivity contribution in [3.63, 3.8) is 0 Å². The number of aromatic nitrogens is 3. The quantitative estimate of drug-likeness (QED) is 0.203. The van der Waals surface area contributed by atoms with Gasteiger partial charge in [0.15, 0.2) is 3.95 Å². The molecule has 1 amide bonds. The van der Waals surface area contributed by atoms with E-state index in [2.05, 4.69) is 14.9 Å². The molecule has 10 nitrogen and oxygen atoms in total. The molecule has 5 aromatic rings. The molecule has 212 valence electrons. The second-order valence-corrected chi connectivity index (χ2v) is 12.7. The van der Waals surface area contributed by atoms with Gasteiger partial charge < -0.3 is 18.4 Å². The van der Waals surface area contributed by atoms with Crippen molar-refractivity contribution in [2.24, 2.45) is 0 Å². The van der Waals surface area contributed by atoms with Gasteiger partial charge in [0.05, 0.1) is 16.8 Å². The number of sulfonamides is 1. The fourth-order valence-corrected chi connectivity index (χ4v) is 6.65. The second kappa shape index (κ2) is 11.4. The Kier molecular flexibility index (Phi) is 7.93. The van der Waals surface area contributed by atoms with E-state index < -0.39 is 10.0 Å². The minimum atomic E-state index is -4.07. The van der Waals surface area contributed by atoms with Crippen LogP contribution in [0, 0.1) is 24.7 Å². The summed E-state index contributed by atoms with van der Waals surface area (Å²) in [6.45, 7) is 5.67. The SMILES string of the molecule is Cc1noc(NS(=O)(=O)c2ccccc2-c2ccc(-c3ncco3)cc2CN(C)C(=O)Cn2c(C)csc2=S)c1C. The number of oxazole rings is 1. The molecule has 1 N–H and O–H groups in total. The lowest BCUT2D eigenvalue weighted by molar-refractivity contribution is -0.131. The predicted molar refractivity (Wildman–Crippen MR) is 159 cm³/mol. The number of amides is 1. The lowest BCUT2D eigenvalue weighted by atomic mass is 9.97. The lowest BCUT2D eigenvalue weighted by Crippen LogP contribution is -2.30. The maximum Gasteiger partial charge on any atom is 0.264 e. The average molecular weight is 610 g/mol. The fourth-order valence-electron chi connectivity index (χ4n) is 4.29. The van der Waals surface area contributed by atoms with Crippen LogP contribution in [0.15, 0.2) is 74.1 Å². The molecule has 0 fully saturated rings. The number of nitrogens with zero attached hydrogens (tertiary/aromatic N) is 4. The summed E-state index contributed by atoms with van der Waals surface area (Å²) in [4.78, 5) is 19.1. The summed E-state index contributed by atoms with van der Waals surface area (Å²) in [5.41, 5.74) is 4.59. The first-order valence-corrected chi connectivity index (χ1v) is 15.3. The number of nitrogens with one attached hydrogen (secondary N) is 1. The summed E-state index contributed by atoms with van der Waals surface area (Å²) in [7, 11) is -2.37. The third-order valence-corrected chi connectivity index (χ3v) is 9.52. The summed E-state index contributed by atoms with van der Waals surface area (Å²) in [6.07, 6.45) is 3.03. The molecule has 3 aromatic heterocycles. The van der Waals surface area contributed by atoms with Gasteiger partial charge in [-0.05, 0) is 62.3 Å². The summed E-state index contributed by atoms with van der Waals surface area (Å²) in [6, 6.07) is 12.1. The predicted octanol–water partition coefficient (Wildman–Crippen LogP) is 5.97. The Hall–Kier alpha value is -4.07. The number of thiazole rings is 1. The summed E-state index contributed by atoms with van der Waals surface area (Å²) in [5, 5.41) is 5.76. The van der Waals surface area contributed by atoms with Gasteiger partial charge in [-0.15, -0.1) is 11.3 Å². The molecular weight excluding hydrogens is 583 g/mol. The number of aryl methyl sites for hydroxylation is 2. The Morgan fingerprint density at radius 3 is 2.59 bits per heavy atom. The van der Waals surface area contributed by atoms with Crippen molar-refractivity contribution >= 4 is 45.4 Å². The zero-order valence-electron chi connectivity index (χ0n) is 22.7. The van der Waals surface area contributed by atoms with Gasteiger partial charge in [0.2, 0.25) is 17.7 Å². The van der Waals surface area contributed by atoms with Crippen LogP contribution in [0.4, 0.5) is 5.88 Å². The molecule has 0 spiro atoms. The van der Waals surface area contributed by atoms with Crippen LogP contribution >= 0.6 is 23.6 Å². The Bertz CT molecular complexity index is 1890. The third-order valence-electron chi connectivity index (χ3n) is 6.74. The van der Waals surface area contributed by atoms with Crippen molar-refractivity contribution in [3.05, 3.63) is 86.8 Å². The Morgan fingerprint density at radius 2 is 1.93 bits per heavy atom. The van der Waals surface area contributed by atoms with Crippen molar-refractivity contribution in [2.75, 3.05) is 11.8 Å². The van der Waals surface area contributed by atoms with Crippen LogP contribution in [0.3, 0.4) is 0 Å². The van der Waals surface area contributed by atoms with E-state index >= 15 is 0 Å². The average Bonchev–Trinajstić information content (AvgIpc) is 3.68. The fraction of sp³-hybridized carbons (Fsp3) is 0.214. The van der Waals surface area contributed by atoms with E-state index in [1.54, 1.807) is 60.8 Å². The van der Waals surface area contributed by atoms with Crippen LogP contribution in [0.25, 0.3) is 22.6 Å². The highest BCUT2D eigenvalue weighted by atomic mass is 32.2. The molecule has 0 aliphatic rings. The van der Waals surface area contributed by atoms with Gasteiger partial charge in [-0.2, -0.15) is 0 Å². The molecule has 0 saturated heterocycles. The molecule has 0 unspecified atom stereocenters. The van der Waals surface area contributed by atoms with E-state index in [-0.39, 0.29) is 29.8 Å². The normalized spacial score (nSPS) is 11.5. The van der Waals surface area contributed by atoms with Gasteiger partial charge in [-0.3, -0.25) is 4.79 Å². The van der Waals surface area contributed by atoms with Crippen LogP contribution in [0.5, 0.6) is 0 Å². The van der Waals surface area contributed by atoms with Gasteiger partial charge in [0.25, 0.3) is 10.0 Å². The smallest absolute Gasteiger partial charge is 0.264 e. The van der Waals surface area contributed by atoms with Crippen LogP contribution < -0.4 is 4.72 Å². The van der Waals surface area contributed by atoms with Crippen LogP contribution in [0.1, 0.15) is 22.5 Å². The van der Waals surface area contributed by atoms with Crippen molar-refractivity contribution in [3.8, 4) is 22.6 Å². The van der Waals surface area contributed by atoms with Gasteiger partial charge in [-0.25, -0.2) is 18.1 Å². The molecule has 0 radical (unpaired) electrons. The highest BCUT2D eigenvalue weighted by Gasteiger charge is 2.25.